The Kier molecular flexibility index (Phi) is 6.95. The Morgan fingerprint density at radius 3 is 2.62 bits per heavy atom. The molecule has 0 aliphatic rings. The van der Waals surface area contributed by atoms with Crippen molar-refractivity contribution in [2.45, 2.75) is 33.5 Å². The maximum atomic E-state index is 12.7. The highest BCUT2D eigenvalue weighted by Crippen LogP contribution is 2.23. The smallest absolute Gasteiger partial charge is 0.255 e. The minimum absolute atomic E-state index is 0.113. The third kappa shape index (κ3) is 5.11. The van der Waals surface area contributed by atoms with Gasteiger partial charge in [-0.3, -0.25) is 9.48 Å². The molecule has 0 bridgehead atoms. The van der Waals surface area contributed by atoms with Gasteiger partial charge in [0.05, 0.1) is 18.5 Å². The summed E-state index contributed by atoms with van der Waals surface area (Å²) in [6.45, 7) is 4.95. The van der Waals surface area contributed by atoms with Crippen LogP contribution >= 0.6 is 0 Å². The van der Waals surface area contributed by atoms with E-state index in [4.69, 9.17) is 5.73 Å². The van der Waals surface area contributed by atoms with Crippen LogP contribution in [0.15, 0.2) is 61.1 Å². The molecule has 2 heterocycles. The minimum atomic E-state index is -0.266. The number of nitrogens with zero attached hydrogens (tertiary/aromatic N) is 4. The molecule has 0 aliphatic heterocycles. The zero-order valence-electron chi connectivity index (χ0n) is 19.1. The van der Waals surface area contributed by atoms with Crippen molar-refractivity contribution in [3.05, 3.63) is 83.3 Å². The van der Waals surface area contributed by atoms with Crippen LogP contribution in [-0.2, 0) is 19.7 Å². The first-order chi connectivity index (χ1) is 16.5. The Hall–Kier alpha value is -4.08. The van der Waals surface area contributed by atoms with E-state index in [1.807, 2.05) is 24.7 Å². The molecule has 0 radical (unpaired) electrons. The van der Waals surface area contributed by atoms with Gasteiger partial charge in [0.1, 0.15) is 0 Å². The molecule has 0 saturated carbocycles. The molecule has 9 nitrogen and oxygen atoms in total. The Balaban J connectivity index is 1.48. The van der Waals surface area contributed by atoms with Crippen LogP contribution in [0.2, 0.25) is 0 Å². The van der Waals surface area contributed by atoms with Gasteiger partial charge in [0.2, 0.25) is 5.95 Å². The van der Waals surface area contributed by atoms with Gasteiger partial charge in [-0.2, -0.15) is 5.10 Å². The molecule has 0 spiro atoms. The maximum Gasteiger partial charge on any atom is 0.255 e. The summed E-state index contributed by atoms with van der Waals surface area (Å²) in [6, 6.07) is 12.3. The standard InChI is InChI=1S/C25H27N7O2/c1-3-32-14-20(13-28-32)23-16(2)12-27-25(31-23)29-21-8-6-18(7-9-21)24(34)30-22-10-17(15-33)4-5-19(22)11-26/h4-10,12-14,33H,3,11,15,26H2,1-2H3,(H,30,34)(H,27,29,31). The quantitative estimate of drug-likeness (QED) is 0.318. The van der Waals surface area contributed by atoms with E-state index in [0.717, 1.165) is 34.6 Å². The molecule has 0 unspecified atom stereocenters. The first-order valence-electron chi connectivity index (χ1n) is 11.0. The summed E-state index contributed by atoms with van der Waals surface area (Å²) in [5.74, 6) is 0.189. The molecule has 5 N–H and O–H groups in total. The van der Waals surface area contributed by atoms with E-state index in [1.165, 1.54) is 0 Å². The zero-order valence-corrected chi connectivity index (χ0v) is 19.1. The minimum Gasteiger partial charge on any atom is -0.392 e. The van der Waals surface area contributed by atoms with E-state index < -0.39 is 0 Å². The number of hydrogen-bond donors (Lipinski definition) is 4. The van der Waals surface area contributed by atoms with Crippen molar-refractivity contribution >= 4 is 23.2 Å². The summed E-state index contributed by atoms with van der Waals surface area (Å²) in [4.78, 5) is 21.8. The molecule has 2 aromatic heterocycles. The maximum absolute atomic E-state index is 12.7. The number of hydrogen-bond acceptors (Lipinski definition) is 7. The normalized spacial score (nSPS) is 10.8. The van der Waals surface area contributed by atoms with Crippen molar-refractivity contribution in [1.29, 1.82) is 0 Å². The number of nitrogens with one attached hydrogen (secondary N) is 2. The van der Waals surface area contributed by atoms with E-state index in [0.29, 0.717) is 22.8 Å². The number of aryl methyl sites for hydroxylation is 2. The summed E-state index contributed by atoms with van der Waals surface area (Å²) >= 11 is 0. The molecular weight excluding hydrogens is 430 g/mol. The molecule has 9 heteroatoms. The van der Waals surface area contributed by atoms with E-state index in [9.17, 15) is 9.90 Å². The predicted molar refractivity (Wildman–Crippen MR) is 132 cm³/mol. The fourth-order valence-electron chi connectivity index (χ4n) is 3.50. The molecule has 4 aromatic rings. The molecular formula is C25H27N7O2. The van der Waals surface area contributed by atoms with Gasteiger partial charge in [0.25, 0.3) is 5.91 Å². The number of aromatic nitrogens is 4. The van der Waals surface area contributed by atoms with Crippen LogP contribution in [0.25, 0.3) is 11.3 Å². The van der Waals surface area contributed by atoms with Crippen LogP contribution in [-0.4, -0.2) is 30.8 Å². The van der Waals surface area contributed by atoms with Crippen LogP contribution in [0, 0.1) is 6.92 Å². The van der Waals surface area contributed by atoms with Gasteiger partial charge in [-0.05, 0) is 60.9 Å². The van der Waals surface area contributed by atoms with Gasteiger partial charge in [0, 0.05) is 48.0 Å². The van der Waals surface area contributed by atoms with Crippen molar-refractivity contribution in [2.24, 2.45) is 5.73 Å². The second-order valence-electron chi connectivity index (χ2n) is 7.82. The number of nitrogens with two attached hydrogens (primary N) is 1. The van der Waals surface area contributed by atoms with Crippen LogP contribution in [0.3, 0.4) is 0 Å². The van der Waals surface area contributed by atoms with Gasteiger partial charge in [-0.15, -0.1) is 0 Å². The van der Waals surface area contributed by atoms with Gasteiger partial charge >= 0.3 is 0 Å². The number of aliphatic hydroxyl groups excluding tert-OH is 1. The lowest BCUT2D eigenvalue weighted by molar-refractivity contribution is 0.102. The number of carbonyl (C=O) groups excluding carboxylic acids is 1. The SMILES string of the molecule is CCn1cc(-c2nc(Nc3ccc(C(=O)Nc4cc(CO)ccc4CN)cc3)ncc2C)cn1. The summed E-state index contributed by atoms with van der Waals surface area (Å²) in [7, 11) is 0. The van der Waals surface area contributed by atoms with Crippen molar-refractivity contribution in [3.63, 3.8) is 0 Å². The molecule has 174 valence electrons. The Labute approximate surface area is 197 Å². The van der Waals surface area contributed by atoms with Gasteiger partial charge in [-0.1, -0.05) is 12.1 Å². The average molecular weight is 458 g/mol. The van der Waals surface area contributed by atoms with E-state index in [2.05, 4.69) is 25.7 Å². The fourth-order valence-corrected chi connectivity index (χ4v) is 3.50. The van der Waals surface area contributed by atoms with Gasteiger partial charge in [-0.25, -0.2) is 9.97 Å². The Morgan fingerprint density at radius 1 is 1.15 bits per heavy atom. The lowest BCUT2D eigenvalue weighted by Gasteiger charge is -2.12. The molecule has 34 heavy (non-hydrogen) atoms. The molecule has 0 atom stereocenters. The average Bonchev–Trinajstić information content (AvgIpc) is 3.34. The molecule has 4 rings (SSSR count). The third-order valence-corrected chi connectivity index (χ3v) is 5.43. The lowest BCUT2D eigenvalue weighted by Crippen LogP contribution is -2.14. The molecule has 1 amide bonds. The van der Waals surface area contributed by atoms with Crippen LogP contribution in [0.1, 0.15) is 34.0 Å². The molecule has 2 aromatic carbocycles. The van der Waals surface area contributed by atoms with Crippen LogP contribution in [0.5, 0.6) is 0 Å². The number of rotatable bonds is 8. The highest BCUT2D eigenvalue weighted by Gasteiger charge is 2.12. The monoisotopic (exact) mass is 457 g/mol. The number of anilines is 3. The van der Waals surface area contributed by atoms with Crippen LogP contribution < -0.4 is 16.4 Å². The second-order valence-corrected chi connectivity index (χ2v) is 7.82. The summed E-state index contributed by atoms with van der Waals surface area (Å²) in [6.07, 6.45) is 5.52. The topological polar surface area (TPSA) is 131 Å². The highest BCUT2D eigenvalue weighted by molar-refractivity contribution is 6.04. The van der Waals surface area contributed by atoms with E-state index in [-0.39, 0.29) is 19.1 Å². The highest BCUT2D eigenvalue weighted by atomic mass is 16.3. The van der Waals surface area contributed by atoms with Crippen molar-refractivity contribution in [1.82, 2.24) is 19.7 Å². The summed E-state index contributed by atoms with van der Waals surface area (Å²) in [5.41, 5.74) is 11.8. The first-order valence-corrected chi connectivity index (χ1v) is 11.0. The fraction of sp³-hybridized carbons (Fsp3) is 0.200. The largest absolute Gasteiger partial charge is 0.392 e. The van der Waals surface area contributed by atoms with Crippen molar-refractivity contribution < 1.29 is 9.90 Å². The van der Waals surface area contributed by atoms with E-state index in [1.54, 1.807) is 54.9 Å². The second kappa shape index (κ2) is 10.2. The number of amides is 1. The summed E-state index contributed by atoms with van der Waals surface area (Å²) in [5, 5.41) is 19.8. The summed E-state index contributed by atoms with van der Waals surface area (Å²) < 4.78 is 1.85. The third-order valence-electron chi connectivity index (χ3n) is 5.43. The Morgan fingerprint density at radius 2 is 1.94 bits per heavy atom. The van der Waals surface area contributed by atoms with Gasteiger partial charge in [0.15, 0.2) is 0 Å². The predicted octanol–water partition coefficient (Wildman–Crippen LogP) is 3.62. The molecule has 0 aliphatic carbocycles. The Bertz CT molecular complexity index is 1300. The van der Waals surface area contributed by atoms with Gasteiger partial charge < -0.3 is 21.5 Å². The first kappa shape index (κ1) is 23.1. The number of benzene rings is 2. The van der Waals surface area contributed by atoms with Crippen molar-refractivity contribution in [3.8, 4) is 11.3 Å². The molecule has 0 fully saturated rings. The van der Waals surface area contributed by atoms with Crippen molar-refractivity contribution in [2.75, 3.05) is 10.6 Å². The van der Waals surface area contributed by atoms with Crippen LogP contribution in [0.4, 0.5) is 17.3 Å². The number of aliphatic hydroxyl groups is 1. The molecule has 0 saturated heterocycles. The number of carbonyl (C=O) groups is 1. The zero-order chi connectivity index (χ0) is 24.1. The lowest BCUT2D eigenvalue weighted by atomic mass is 10.1. The van der Waals surface area contributed by atoms with E-state index >= 15 is 0 Å².